The lowest BCUT2D eigenvalue weighted by atomic mass is 9.95. The second kappa shape index (κ2) is 7.41. The van der Waals surface area contributed by atoms with Gasteiger partial charge in [-0.3, -0.25) is 0 Å². The lowest BCUT2D eigenvalue weighted by molar-refractivity contribution is 0.116. The summed E-state index contributed by atoms with van der Waals surface area (Å²) in [6.45, 7) is 4.30. The van der Waals surface area contributed by atoms with Crippen molar-refractivity contribution in [3.63, 3.8) is 0 Å². The minimum absolute atomic E-state index is 0.249. The average Bonchev–Trinajstić information content (AvgIpc) is 2.60. The minimum Gasteiger partial charge on any atom is -0.479 e. The summed E-state index contributed by atoms with van der Waals surface area (Å²) in [5.74, 6) is -1.76. The van der Waals surface area contributed by atoms with Gasteiger partial charge in [-0.25, -0.2) is 13.2 Å². The van der Waals surface area contributed by atoms with Gasteiger partial charge in [-0.05, 0) is 37.6 Å². The van der Waals surface area contributed by atoms with E-state index in [0.717, 1.165) is 17.7 Å². The van der Waals surface area contributed by atoms with E-state index in [-0.39, 0.29) is 12.4 Å². The minimum atomic E-state index is -0.960. The van der Waals surface area contributed by atoms with Crippen molar-refractivity contribution < 1.29 is 22.6 Å². The highest BCUT2D eigenvalue weighted by atomic mass is 19.2. The fourth-order valence-electron chi connectivity index (χ4n) is 3.27. The summed E-state index contributed by atoms with van der Waals surface area (Å²) in [6.07, 6.45) is -0.551. The molecule has 3 rings (SSSR count). The van der Waals surface area contributed by atoms with Crippen LogP contribution in [-0.2, 0) is 16.0 Å². The number of ether oxygens (including phenoxy) is 2. The van der Waals surface area contributed by atoms with Crippen molar-refractivity contribution in [3.8, 4) is 0 Å². The monoisotopic (exact) mass is 363 g/mol. The van der Waals surface area contributed by atoms with Crippen LogP contribution in [0.1, 0.15) is 31.1 Å². The molecule has 0 saturated heterocycles. The maximum Gasteiger partial charge on any atom is 0.195 e. The molecule has 6 heteroatoms. The first-order valence-electron chi connectivity index (χ1n) is 8.33. The summed E-state index contributed by atoms with van der Waals surface area (Å²) < 4.78 is 52.7. The molecule has 0 radical (unpaired) electrons. The summed E-state index contributed by atoms with van der Waals surface area (Å²) >= 11 is 0. The topological polar surface area (TPSA) is 21.7 Å². The van der Waals surface area contributed by atoms with Crippen LogP contribution < -0.4 is 4.90 Å². The summed E-state index contributed by atoms with van der Waals surface area (Å²) in [7, 11) is 1.50. The van der Waals surface area contributed by atoms with Crippen LogP contribution in [0.3, 0.4) is 0 Å². The van der Waals surface area contributed by atoms with E-state index in [9.17, 15) is 13.2 Å². The Morgan fingerprint density at radius 2 is 1.81 bits per heavy atom. The van der Waals surface area contributed by atoms with E-state index in [1.165, 1.54) is 19.2 Å². The average molecular weight is 363 g/mol. The Kier molecular flexibility index (Phi) is 5.23. The molecule has 1 unspecified atom stereocenters. The Balaban J connectivity index is 2.15. The molecule has 3 nitrogen and oxygen atoms in total. The SMILES string of the molecule is CCOC1=C(C)C(OC)c2cc(F)c(F)cc2N1Cc1cccc(F)c1. The van der Waals surface area contributed by atoms with E-state index in [1.807, 2.05) is 13.8 Å². The molecular weight excluding hydrogens is 343 g/mol. The molecule has 0 spiro atoms. The predicted octanol–water partition coefficient (Wildman–Crippen LogP) is 5.08. The normalized spacial score (nSPS) is 16.7. The highest BCUT2D eigenvalue weighted by molar-refractivity contribution is 5.64. The quantitative estimate of drug-likeness (QED) is 0.739. The Labute approximate surface area is 150 Å². The Morgan fingerprint density at radius 1 is 1.08 bits per heavy atom. The van der Waals surface area contributed by atoms with Crippen LogP contribution in [0.2, 0.25) is 0 Å². The van der Waals surface area contributed by atoms with Crippen molar-refractivity contribution in [1.82, 2.24) is 0 Å². The van der Waals surface area contributed by atoms with Gasteiger partial charge in [0.15, 0.2) is 17.5 Å². The van der Waals surface area contributed by atoms with Crippen molar-refractivity contribution in [2.24, 2.45) is 0 Å². The molecule has 1 aliphatic heterocycles. The fourth-order valence-corrected chi connectivity index (χ4v) is 3.27. The summed E-state index contributed by atoms with van der Waals surface area (Å²) in [5, 5.41) is 0. The maximum absolute atomic E-state index is 14.0. The standard InChI is InChI=1S/C20H20F3NO2/c1-4-26-20-12(2)19(25-3)15-9-16(22)17(23)10-18(15)24(20)11-13-6-5-7-14(21)8-13/h5-10,19H,4,11H2,1-3H3. The smallest absolute Gasteiger partial charge is 0.195 e. The van der Waals surface area contributed by atoms with Gasteiger partial charge in [-0.1, -0.05) is 12.1 Å². The third kappa shape index (κ3) is 3.29. The number of hydrogen-bond acceptors (Lipinski definition) is 3. The van der Waals surface area contributed by atoms with Crippen molar-refractivity contribution in [2.45, 2.75) is 26.5 Å². The molecule has 1 aliphatic rings. The Hall–Kier alpha value is -2.47. The molecular formula is C20H20F3NO2. The number of methoxy groups -OCH3 is 1. The number of halogens is 3. The summed E-state index contributed by atoms with van der Waals surface area (Å²) in [4.78, 5) is 1.72. The zero-order chi connectivity index (χ0) is 18.8. The molecule has 0 fully saturated rings. The number of hydrogen-bond donors (Lipinski definition) is 0. The van der Waals surface area contributed by atoms with Crippen LogP contribution >= 0.6 is 0 Å². The van der Waals surface area contributed by atoms with Gasteiger partial charge in [0.25, 0.3) is 0 Å². The summed E-state index contributed by atoms with van der Waals surface area (Å²) in [5.41, 5.74) is 2.36. The second-order valence-corrected chi connectivity index (χ2v) is 6.08. The molecule has 138 valence electrons. The van der Waals surface area contributed by atoms with Crippen molar-refractivity contribution >= 4 is 5.69 Å². The lowest BCUT2D eigenvalue weighted by Gasteiger charge is -2.37. The van der Waals surface area contributed by atoms with E-state index in [0.29, 0.717) is 29.3 Å². The first-order chi connectivity index (χ1) is 12.5. The number of benzene rings is 2. The highest BCUT2D eigenvalue weighted by Gasteiger charge is 2.33. The first-order valence-corrected chi connectivity index (χ1v) is 8.33. The van der Waals surface area contributed by atoms with E-state index in [4.69, 9.17) is 9.47 Å². The van der Waals surface area contributed by atoms with Gasteiger partial charge in [0.05, 0.1) is 18.8 Å². The van der Waals surface area contributed by atoms with Gasteiger partial charge < -0.3 is 14.4 Å². The Morgan fingerprint density at radius 3 is 2.46 bits per heavy atom. The molecule has 2 aromatic carbocycles. The second-order valence-electron chi connectivity index (χ2n) is 6.08. The van der Waals surface area contributed by atoms with E-state index >= 15 is 0 Å². The third-order valence-corrected chi connectivity index (χ3v) is 4.37. The Bertz CT molecular complexity index is 851. The van der Waals surface area contributed by atoms with Crippen molar-refractivity contribution in [3.05, 3.63) is 76.4 Å². The van der Waals surface area contributed by atoms with Crippen molar-refractivity contribution in [2.75, 3.05) is 18.6 Å². The van der Waals surface area contributed by atoms with Gasteiger partial charge in [0.2, 0.25) is 0 Å². The van der Waals surface area contributed by atoms with Crippen LogP contribution in [0.25, 0.3) is 0 Å². The number of anilines is 1. The third-order valence-electron chi connectivity index (χ3n) is 4.37. The maximum atomic E-state index is 14.0. The molecule has 1 heterocycles. The van der Waals surface area contributed by atoms with E-state index < -0.39 is 17.7 Å². The molecule has 0 aromatic heterocycles. The van der Waals surface area contributed by atoms with Gasteiger partial charge in [-0.2, -0.15) is 0 Å². The molecule has 2 aromatic rings. The highest BCUT2D eigenvalue weighted by Crippen LogP contribution is 2.43. The number of rotatable bonds is 5. The zero-order valence-electron chi connectivity index (χ0n) is 14.9. The molecule has 0 bridgehead atoms. The largest absolute Gasteiger partial charge is 0.479 e. The van der Waals surface area contributed by atoms with Crippen molar-refractivity contribution in [1.29, 1.82) is 0 Å². The number of nitrogens with zero attached hydrogens (tertiary/aromatic N) is 1. The van der Waals surface area contributed by atoms with E-state index in [1.54, 1.807) is 17.0 Å². The van der Waals surface area contributed by atoms with E-state index in [2.05, 4.69) is 0 Å². The molecule has 0 amide bonds. The first kappa shape index (κ1) is 18.3. The summed E-state index contributed by atoms with van der Waals surface area (Å²) in [6, 6.07) is 8.40. The molecule has 1 atom stereocenters. The lowest BCUT2D eigenvalue weighted by Crippen LogP contribution is -2.32. The van der Waals surface area contributed by atoms with Gasteiger partial charge in [0, 0.05) is 24.3 Å². The number of fused-ring (bicyclic) bond motifs is 1. The molecule has 0 aliphatic carbocycles. The van der Waals surface area contributed by atoms with Gasteiger partial charge in [-0.15, -0.1) is 0 Å². The van der Waals surface area contributed by atoms with Crippen LogP contribution in [0.4, 0.5) is 18.9 Å². The predicted molar refractivity (Wildman–Crippen MR) is 93.0 cm³/mol. The molecule has 26 heavy (non-hydrogen) atoms. The van der Waals surface area contributed by atoms with Crippen LogP contribution in [0.15, 0.2) is 47.9 Å². The van der Waals surface area contributed by atoms with Crippen LogP contribution in [0.5, 0.6) is 0 Å². The molecule has 0 saturated carbocycles. The molecule has 0 N–H and O–H groups in total. The fraction of sp³-hybridized carbons (Fsp3) is 0.300. The van der Waals surface area contributed by atoms with Crippen LogP contribution in [0, 0.1) is 17.5 Å². The van der Waals surface area contributed by atoms with Gasteiger partial charge in [0.1, 0.15) is 11.9 Å². The van der Waals surface area contributed by atoms with Gasteiger partial charge >= 0.3 is 0 Å². The zero-order valence-corrected chi connectivity index (χ0v) is 14.9. The van der Waals surface area contributed by atoms with Crippen LogP contribution in [-0.4, -0.2) is 13.7 Å².